The van der Waals surface area contributed by atoms with Crippen molar-refractivity contribution in [2.45, 2.75) is 19.4 Å². The smallest absolute Gasteiger partial charge is 0.254 e. The summed E-state index contributed by atoms with van der Waals surface area (Å²) in [5, 5.41) is 2.75. The van der Waals surface area contributed by atoms with Gasteiger partial charge in [-0.1, -0.05) is 18.2 Å². The third-order valence-corrected chi connectivity index (χ3v) is 5.34. The van der Waals surface area contributed by atoms with Crippen molar-refractivity contribution in [3.05, 3.63) is 41.6 Å². The standard InChI is InChI=1S/C19H23N3O2/c1-4-22(24-3)19(23)13-8-15-14-6-5-7-16-18(14)12(10-20-16)9-17(15)21(2)11-13/h5-8,10,13,17,20H,4,9,11H2,1-3H3. The van der Waals surface area contributed by atoms with Crippen LogP contribution in [-0.4, -0.2) is 54.1 Å². The predicted molar refractivity (Wildman–Crippen MR) is 94.3 cm³/mol. The van der Waals surface area contributed by atoms with Crippen LogP contribution < -0.4 is 0 Å². The second-order valence-corrected chi connectivity index (χ2v) is 6.65. The lowest BCUT2D eigenvalue weighted by atomic mass is 9.80. The van der Waals surface area contributed by atoms with Crippen LogP contribution in [0.25, 0.3) is 16.5 Å². The summed E-state index contributed by atoms with van der Waals surface area (Å²) >= 11 is 0. The van der Waals surface area contributed by atoms with Crippen LogP contribution in [0.2, 0.25) is 0 Å². The summed E-state index contributed by atoms with van der Waals surface area (Å²) in [4.78, 5) is 23.6. The molecule has 0 bridgehead atoms. The first kappa shape index (κ1) is 15.4. The van der Waals surface area contributed by atoms with Crippen molar-refractivity contribution in [3.63, 3.8) is 0 Å². The Morgan fingerprint density at radius 3 is 3.04 bits per heavy atom. The molecule has 1 aromatic carbocycles. The number of likely N-dealkylation sites (N-methyl/N-ethyl adjacent to an activating group) is 1. The van der Waals surface area contributed by atoms with E-state index in [1.807, 2.05) is 6.92 Å². The normalized spacial score (nSPS) is 23.0. The minimum absolute atomic E-state index is 0.0323. The van der Waals surface area contributed by atoms with Crippen LogP contribution in [0.1, 0.15) is 18.1 Å². The fraction of sp³-hybridized carbons (Fsp3) is 0.421. The van der Waals surface area contributed by atoms with Crippen molar-refractivity contribution in [1.29, 1.82) is 0 Å². The van der Waals surface area contributed by atoms with Crippen LogP contribution in [0.5, 0.6) is 0 Å². The molecule has 5 heteroatoms. The first-order valence-corrected chi connectivity index (χ1v) is 8.50. The minimum Gasteiger partial charge on any atom is -0.361 e. The van der Waals surface area contributed by atoms with Gasteiger partial charge in [0.2, 0.25) is 0 Å². The van der Waals surface area contributed by atoms with E-state index in [2.05, 4.69) is 47.4 Å². The van der Waals surface area contributed by atoms with Crippen molar-refractivity contribution in [2.75, 3.05) is 27.2 Å². The number of benzene rings is 1. The van der Waals surface area contributed by atoms with Gasteiger partial charge >= 0.3 is 0 Å². The minimum atomic E-state index is -0.170. The summed E-state index contributed by atoms with van der Waals surface area (Å²) in [7, 11) is 3.66. The van der Waals surface area contributed by atoms with E-state index in [9.17, 15) is 4.79 Å². The largest absolute Gasteiger partial charge is 0.361 e. The number of fused-ring (bicyclic) bond motifs is 2. The molecule has 2 heterocycles. The molecule has 1 aliphatic carbocycles. The number of aromatic nitrogens is 1. The van der Waals surface area contributed by atoms with E-state index < -0.39 is 0 Å². The number of carbonyl (C=O) groups is 1. The Morgan fingerprint density at radius 1 is 1.46 bits per heavy atom. The average molecular weight is 325 g/mol. The molecule has 126 valence electrons. The van der Waals surface area contributed by atoms with Gasteiger partial charge in [-0.05, 0) is 43.2 Å². The van der Waals surface area contributed by atoms with Crippen LogP contribution in [0.3, 0.4) is 0 Å². The fourth-order valence-corrected chi connectivity index (χ4v) is 4.17. The molecule has 2 aliphatic rings. The van der Waals surface area contributed by atoms with E-state index >= 15 is 0 Å². The number of hydrogen-bond acceptors (Lipinski definition) is 3. The van der Waals surface area contributed by atoms with Crippen molar-refractivity contribution >= 4 is 22.4 Å². The highest BCUT2D eigenvalue weighted by molar-refractivity contribution is 5.99. The molecule has 4 rings (SSSR count). The van der Waals surface area contributed by atoms with Gasteiger partial charge in [0.1, 0.15) is 0 Å². The number of hydroxylamine groups is 2. The number of H-pyrrole nitrogens is 1. The molecule has 1 aromatic heterocycles. The number of rotatable bonds is 3. The average Bonchev–Trinajstić information content (AvgIpc) is 3.01. The second kappa shape index (κ2) is 5.76. The van der Waals surface area contributed by atoms with Crippen molar-refractivity contribution < 1.29 is 9.63 Å². The molecule has 1 N–H and O–H groups in total. The van der Waals surface area contributed by atoms with Gasteiger partial charge in [-0.15, -0.1) is 0 Å². The number of aromatic amines is 1. The molecule has 5 nitrogen and oxygen atoms in total. The summed E-state index contributed by atoms with van der Waals surface area (Å²) in [6.45, 7) is 3.21. The van der Waals surface area contributed by atoms with Crippen molar-refractivity contribution in [1.82, 2.24) is 14.9 Å². The summed E-state index contributed by atoms with van der Waals surface area (Å²) < 4.78 is 0. The molecule has 0 spiro atoms. The van der Waals surface area contributed by atoms with Crippen LogP contribution in [0.15, 0.2) is 30.5 Å². The lowest BCUT2D eigenvalue weighted by molar-refractivity contribution is -0.178. The summed E-state index contributed by atoms with van der Waals surface area (Å²) in [5.41, 5.74) is 5.06. The van der Waals surface area contributed by atoms with Gasteiger partial charge in [0, 0.05) is 36.2 Å². The lowest BCUT2D eigenvalue weighted by Gasteiger charge is -2.40. The van der Waals surface area contributed by atoms with Gasteiger partial charge < -0.3 is 4.98 Å². The molecule has 0 radical (unpaired) electrons. The van der Waals surface area contributed by atoms with E-state index in [0.29, 0.717) is 12.6 Å². The lowest BCUT2D eigenvalue weighted by Crippen LogP contribution is -2.47. The number of nitrogens with one attached hydrogen (secondary N) is 1. The van der Waals surface area contributed by atoms with Gasteiger partial charge in [0.05, 0.1) is 13.0 Å². The molecule has 24 heavy (non-hydrogen) atoms. The molecule has 1 amide bonds. The van der Waals surface area contributed by atoms with Gasteiger partial charge in [-0.2, -0.15) is 0 Å². The summed E-state index contributed by atoms with van der Waals surface area (Å²) in [6, 6.07) is 6.70. The summed E-state index contributed by atoms with van der Waals surface area (Å²) in [5.74, 6) is -0.137. The van der Waals surface area contributed by atoms with E-state index in [0.717, 1.165) is 13.0 Å². The van der Waals surface area contributed by atoms with E-state index in [1.54, 1.807) is 7.11 Å². The van der Waals surface area contributed by atoms with Crippen LogP contribution >= 0.6 is 0 Å². The molecule has 1 aliphatic heterocycles. The topological polar surface area (TPSA) is 48.6 Å². The number of amides is 1. The Hall–Kier alpha value is -2.11. The zero-order valence-electron chi connectivity index (χ0n) is 14.4. The Balaban J connectivity index is 1.80. The maximum atomic E-state index is 12.7. The first-order chi connectivity index (χ1) is 11.6. The second-order valence-electron chi connectivity index (χ2n) is 6.65. The maximum absolute atomic E-state index is 12.7. The number of nitrogens with zero attached hydrogens (tertiary/aromatic N) is 2. The van der Waals surface area contributed by atoms with Crippen molar-refractivity contribution in [2.24, 2.45) is 5.92 Å². The van der Waals surface area contributed by atoms with Crippen LogP contribution in [-0.2, 0) is 16.1 Å². The monoisotopic (exact) mass is 325 g/mol. The Labute approximate surface area is 141 Å². The van der Waals surface area contributed by atoms with Crippen LogP contribution in [0.4, 0.5) is 0 Å². The Kier molecular flexibility index (Phi) is 3.70. The fourth-order valence-electron chi connectivity index (χ4n) is 4.17. The van der Waals surface area contributed by atoms with Gasteiger partial charge in [0.25, 0.3) is 5.91 Å². The van der Waals surface area contributed by atoms with E-state index in [1.165, 1.54) is 32.7 Å². The van der Waals surface area contributed by atoms with Crippen molar-refractivity contribution in [3.8, 4) is 0 Å². The highest BCUT2D eigenvalue weighted by Gasteiger charge is 2.36. The Morgan fingerprint density at radius 2 is 2.29 bits per heavy atom. The molecule has 0 saturated carbocycles. The number of hydrogen-bond donors (Lipinski definition) is 1. The van der Waals surface area contributed by atoms with E-state index in [-0.39, 0.29) is 11.8 Å². The predicted octanol–water partition coefficient (Wildman–Crippen LogP) is 2.45. The molecular formula is C19H23N3O2. The van der Waals surface area contributed by atoms with Gasteiger partial charge in [-0.3, -0.25) is 14.5 Å². The highest BCUT2D eigenvalue weighted by Crippen LogP contribution is 2.40. The quantitative estimate of drug-likeness (QED) is 0.882. The molecule has 0 saturated heterocycles. The van der Waals surface area contributed by atoms with Crippen LogP contribution in [0, 0.1) is 5.92 Å². The van der Waals surface area contributed by atoms with Gasteiger partial charge in [0.15, 0.2) is 0 Å². The molecular weight excluding hydrogens is 302 g/mol. The third-order valence-electron chi connectivity index (χ3n) is 5.34. The zero-order valence-corrected chi connectivity index (χ0v) is 14.4. The third kappa shape index (κ3) is 2.19. The molecule has 2 unspecified atom stereocenters. The zero-order chi connectivity index (χ0) is 16.8. The Bertz CT molecular complexity index is 819. The molecule has 2 atom stereocenters. The van der Waals surface area contributed by atoms with Gasteiger partial charge in [-0.25, -0.2) is 5.06 Å². The first-order valence-electron chi connectivity index (χ1n) is 8.50. The molecule has 0 fully saturated rings. The van der Waals surface area contributed by atoms with E-state index in [4.69, 9.17) is 4.84 Å². The highest BCUT2D eigenvalue weighted by atomic mass is 16.7. The summed E-state index contributed by atoms with van der Waals surface area (Å²) in [6.07, 6.45) is 5.28. The maximum Gasteiger partial charge on any atom is 0.254 e. The molecule has 2 aromatic rings. The SMILES string of the molecule is CCN(OC)C(=O)C1C=C2c3cccc4[nH]cc(c34)CC2N(C)C1. The number of carbonyl (C=O) groups excluding carboxylic acids is 1.